The summed E-state index contributed by atoms with van der Waals surface area (Å²) in [4.78, 5) is 0. The van der Waals surface area contributed by atoms with Crippen molar-refractivity contribution < 1.29 is 14.6 Å². The summed E-state index contributed by atoms with van der Waals surface area (Å²) in [6, 6.07) is 0. The number of aliphatic hydroxyl groups excluding tert-OH is 1. The van der Waals surface area contributed by atoms with Crippen LogP contribution in [0.3, 0.4) is 0 Å². The minimum atomic E-state index is -0.546. The summed E-state index contributed by atoms with van der Waals surface area (Å²) in [5.41, 5.74) is 0. The largest absolute Gasteiger partial charge is 0.473 e. The smallest absolute Gasteiger partial charge is 0.245 e. The highest BCUT2D eigenvalue weighted by molar-refractivity contribution is 6.99. The molecule has 2 unspecified atom stereocenters. The lowest BCUT2D eigenvalue weighted by Gasteiger charge is -2.23. The van der Waals surface area contributed by atoms with Crippen LogP contribution in [0.25, 0.3) is 0 Å². The molecule has 102 valence electrons. The Balaban J connectivity index is 1.52. The van der Waals surface area contributed by atoms with Gasteiger partial charge in [-0.05, 0) is 19.3 Å². The second kappa shape index (κ2) is 7.63. The predicted molar refractivity (Wildman–Crippen MR) is 67.9 cm³/mol. The Bertz CT molecular complexity index is 317. The van der Waals surface area contributed by atoms with Crippen molar-refractivity contribution in [2.45, 2.75) is 31.5 Å². The average Bonchev–Trinajstić information content (AvgIpc) is 2.91. The lowest BCUT2D eigenvalue weighted by molar-refractivity contribution is 0.0141. The fraction of sp³-hybridized carbons (Fsp3) is 0.818. The number of rotatable bonds is 7. The highest BCUT2D eigenvalue weighted by atomic mass is 32.1. The van der Waals surface area contributed by atoms with Crippen molar-refractivity contribution in [3.63, 3.8) is 0 Å². The van der Waals surface area contributed by atoms with Gasteiger partial charge >= 0.3 is 0 Å². The van der Waals surface area contributed by atoms with Gasteiger partial charge in [0, 0.05) is 19.7 Å². The van der Waals surface area contributed by atoms with Crippen molar-refractivity contribution in [3.8, 4) is 5.88 Å². The first-order chi connectivity index (χ1) is 8.84. The maximum atomic E-state index is 9.70. The van der Waals surface area contributed by atoms with E-state index in [1.807, 2.05) is 0 Å². The second-order valence-electron chi connectivity index (χ2n) is 4.36. The number of aromatic nitrogens is 2. The summed E-state index contributed by atoms with van der Waals surface area (Å²) >= 11 is 1.09. The van der Waals surface area contributed by atoms with Crippen LogP contribution in [0.5, 0.6) is 5.88 Å². The molecule has 1 aliphatic rings. The molecule has 6 nitrogen and oxygen atoms in total. The Labute approximate surface area is 111 Å². The van der Waals surface area contributed by atoms with Crippen LogP contribution in [-0.2, 0) is 4.74 Å². The first-order valence-corrected chi connectivity index (χ1v) is 6.98. The van der Waals surface area contributed by atoms with Crippen LogP contribution < -0.4 is 10.1 Å². The number of ether oxygens (including phenoxy) is 2. The number of nitrogens with one attached hydrogen (secondary N) is 1. The Morgan fingerprint density at radius 2 is 2.56 bits per heavy atom. The van der Waals surface area contributed by atoms with E-state index in [1.54, 1.807) is 6.20 Å². The molecule has 1 aromatic heterocycles. The van der Waals surface area contributed by atoms with Gasteiger partial charge in [-0.1, -0.05) is 0 Å². The van der Waals surface area contributed by atoms with E-state index >= 15 is 0 Å². The lowest BCUT2D eigenvalue weighted by atomic mass is 10.1. The minimum absolute atomic E-state index is 0.226. The summed E-state index contributed by atoms with van der Waals surface area (Å²) in [5, 5.41) is 12.9. The van der Waals surface area contributed by atoms with E-state index in [0.717, 1.165) is 37.7 Å². The number of aliphatic hydroxyl groups is 1. The van der Waals surface area contributed by atoms with Crippen molar-refractivity contribution in [1.82, 2.24) is 14.1 Å². The van der Waals surface area contributed by atoms with Crippen molar-refractivity contribution in [3.05, 3.63) is 6.20 Å². The predicted octanol–water partition coefficient (Wildman–Crippen LogP) is 0.436. The molecule has 1 aromatic rings. The molecule has 0 bridgehead atoms. The van der Waals surface area contributed by atoms with E-state index in [4.69, 9.17) is 9.47 Å². The van der Waals surface area contributed by atoms with Crippen LogP contribution in [0.2, 0.25) is 0 Å². The molecule has 1 aliphatic heterocycles. The Morgan fingerprint density at radius 1 is 1.61 bits per heavy atom. The maximum Gasteiger partial charge on any atom is 0.245 e. The average molecular weight is 273 g/mol. The molecule has 0 aromatic carbocycles. The van der Waals surface area contributed by atoms with Crippen molar-refractivity contribution in [2.75, 3.05) is 26.3 Å². The fourth-order valence-electron chi connectivity index (χ4n) is 1.84. The Hall–Kier alpha value is -0.760. The molecule has 1 saturated heterocycles. The van der Waals surface area contributed by atoms with Crippen LogP contribution in [0.4, 0.5) is 0 Å². The van der Waals surface area contributed by atoms with Crippen molar-refractivity contribution >= 4 is 11.7 Å². The fourth-order valence-corrected chi connectivity index (χ4v) is 2.20. The van der Waals surface area contributed by atoms with Crippen LogP contribution in [-0.4, -0.2) is 52.4 Å². The quantitative estimate of drug-likeness (QED) is 0.750. The highest BCUT2D eigenvalue weighted by Gasteiger charge is 2.14. The molecule has 2 atom stereocenters. The van der Waals surface area contributed by atoms with Gasteiger partial charge in [0.15, 0.2) is 0 Å². The molecule has 0 amide bonds. The van der Waals surface area contributed by atoms with Gasteiger partial charge in [-0.25, -0.2) is 0 Å². The number of nitrogens with zero attached hydrogens (tertiary/aromatic N) is 2. The first-order valence-electron chi connectivity index (χ1n) is 6.25. The molecule has 2 rings (SSSR count). The zero-order chi connectivity index (χ0) is 12.6. The van der Waals surface area contributed by atoms with E-state index in [2.05, 4.69) is 14.1 Å². The van der Waals surface area contributed by atoms with Gasteiger partial charge in [0.2, 0.25) is 5.88 Å². The van der Waals surface area contributed by atoms with Gasteiger partial charge in [-0.2, -0.15) is 4.37 Å². The van der Waals surface area contributed by atoms with Crippen LogP contribution in [0, 0.1) is 0 Å². The monoisotopic (exact) mass is 273 g/mol. The first kappa shape index (κ1) is 13.7. The van der Waals surface area contributed by atoms with E-state index in [-0.39, 0.29) is 12.7 Å². The van der Waals surface area contributed by atoms with Gasteiger partial charge in [0.05, 0.1) is 17.8 Å². The third-order valence-electron chi connectivity index (χ3n) is 2.79. The molecule has 2 N–H and O–H groups in total. The van der Waals surface area contributed by atoms with Gasteiger partial charge in [-0.3, -0.25) is 0 Å². The number of hydrogen-bond acceptors (Lipinski definition) is 7. The minimum Gasteiger partial charge on any atom is -0.473 e. The van der Waals surface area contributed by atoms with Crippen molar-refractivity contribution in [2.24, 2.45) is 0 Å². The van der Waals surface area contributed by atoms with Crippen molar-refractivity contribution in [1.29, 1.82) is 0 Å². The standard InChI is InChI=1S/C11H19N3O3S/c15-9(8-17-11-7-13-18-14-11)5-12-6-10-3-1-2-4-16-10/h7,9-10,12,15H,1-6,8H2. The normalized spacial score (nSPS) is 21.7. The van der Waals surface area contributed by atoms with Crippen LogP contribution in [0.15, 0.2) is 6.20 Å². The molecular weight excluding hydrogens is 254 g/mol. The van der Waals surface area contributed by atoms with Gasteiger partial charge in [-0.15, -0.1) is 4.37 Å². The van der Waals surface area contributed by atoms with E-state index < -0.39 is 6.10 Å². The second-order valence-corrected chi connectivity index (χ2v) is 4.91. The molecule has 0 saturated carbocycles. The third kappa shape index (κ3) is 4.85. The maximum absolute atomic E-state index is 9.70. The molecule has 7 heteroatoms. The number of hydrogen-bond donors (Lipinski definition) is 2. The molecule has 0 aliphatic carbocycles. The molecular formula is C11H19N3O3S. The van der Waals surface area contributed by atoms with E-state index in [0.29, 0.717) is 12.4 Å². The summed E-state index contributed by atoms with van der Waals surface area (Å²) < 4.78 is 18.6. The third-order valence-corrected chi connectivity index (χ3v) is 3.25. The van der Waals surface area contributed by atoms with Crippen LogP contribution >= 0.6 is 11.7 Å². The van der Waals surface area contributed by atoms with Gasteiger partial charge in [0.1, 0.15) is 18.9 Å². The van der Waals surface area contributed by atoms with E-state index in [9.17, 15) is 5.11 Å². The highest BCUT2D eigenvalue weighted by Crippen LogP contribution is 2.11. The molecule has 0 spiro atoms. The SMILES string of the molecule is OC(CNCC1CCCCO1)COc1cnsn1. The van der Waals surface area contributed by atoms with Crippen LogP contribution in [0.1, 0.15) is 19.3 Å². The molecule has 2 heterocycles. The summed E-state index contributed by atoms with van der Waals surface area (Å²) in [6.45, 7) is 2.37. The Morgan fingerprint density at radius 3 is 3.28 bits per heavy atom. The topological polar surface area (TPSA) is 76.5 Å². The lowest BCUT2D eigenvalue weighted by Crippen LogP contribution is -2.37. The summed E-state index contributed by atoms with van der Waals surface area (Å²) in [5.74, 6) is 0.467. The Kier molecular flexibility index (Phi) is 5.79. The van der Waals surface area contributed by atoms with E-state index in [1.165, 1.54) is 6.42 Å². The zero-order valence-corrected chi connectivity index (χ0v) is 11.1. The summed E-state index contributed by atoms with van der Waals surface area (Å²) in [7, 11) is 0. The molecule has 1 fully saturated rings. The molecule has 0 radical (unpaired) electrons. The van der Waals surface area contributed by atoms with Gasteiger partial charge < -0.3 is 19.9 Å². The van der Waals surface area contributed by atoms with Gasteiger partial charge in [0.25, 0.3) is 0 Å². The molecule has 18 heavy (non-hydrogen) atoms. The summed E-state index contributed by atoms with van der Waals surface area (Å²) in [6.07, 6.45) is 4.78. The zero-order valence-electron chi connectivity index (χ0n) is 10.2.